The van der Waals surface area contributed by atoms with E-state index in [2.05, 4.69) is 5.32 Å². The summed E-state index contributed by atoms with van der Waals surface area (Å²) in [5.41, 5.74) is -2.11. The molecule has 0 saturated carbocycles. The van der Waals surface area contributed by atoms with Crippen molar-refractivity contribution in [1.82, 2.24) is 0 Å². The molecule has 0 heterocycles. The van der Waals surface area contributed by atoms with E-state index in [4.69, 9.17) is 9.88 Å². The quantitative estimate of drug-likeness (QED) is 0.415. The lowest BCUT2D eigenvalue weighted by atomic mass is 10.1. The van der Waals surface area contributed by atoms with Gasteiger partial charge >= 0.3 is 6.18 Å². The molecule has 0 saturated heterocycles. The van der Waals surface area contributed by atoms with Crippen molar-refractivity contribution >= 4 is 27.5 Å². The minimum Gasteiger partial charge on any atom is -0.456 e. The van der Waals surface area contributed by atoms with Crippen LogP contribution in [0.2, 0.25) is 0 Å². The average molecular weight is 501 g/mol. The number of anilines is 2. The first kappa shape index (κ1) is 24.9. The van der Waals surface area contributed by atoms with Crippen LogP contribution in [0.4, 0.5) is 33.3 Å². The number of hydrogen-bond donors (Lipinski definition) is 3. The van der Waals surface area contributed by atoms with Crippen molar-refractivity contribution in [2.45, 2.75) is 13.1 Å². The Kier molecular flexibility index (Phi) is 6.79. The zero-order valence-electron chi connectivity index (χ0n) is 17.2. The first-order valence-electron chi connectivity index (χ1n) is 9.29. The van der Waals surface area contributed by atoms with E-state index >= 15 is 0 Å². The molecule has 0 spiro atoms. The number of nitrogens with one attached hydrogen (secondary N) is 2. The summed E-state index contributed by atoms with van der Waals surface area (Å²) >= 11 is 0. The van der Waals surface area contributed by atoms with E-state index in [9.17, 15) is 35.2 Å². The molecule has 0 atom stereocenters. The summed E-state index contributed by atoms with van der Waals surface area (Å²) in [5, 5.41) is 7.06. The number of ether oxygens (including phenoxy) is 1. The van der Waals surface area contributed by atoms with Crippen LogP contribution in [-0.2, 0) is 16.4 Å². The molecule has 0 aliphatic rings. The van der Waals surface area contributed by atoms with E-state index in [1.54, 1.807) is 4.72 Å². The van der Waals surface area contributed by atoms with Crippen LogP contribution in [0.1, 0.15) is 21.5 Å². The second-order valence-corrected chi connectivity index (χ2v) is 8.31. The highest BCUT2D eigenvalue weighted by Crippen LogP contribution is 2.35. The highest BCUT2D eigenvalue weighted by molar-refractivity contribution is 7.90. The van der Waals surface area contributed by atoms with Gasteiger partial charge in [0, 0.05) is 5.69 Å². The molecule has 0 aliphatic heterocycles. The number of carbonyl (C=O) groups excluding carboxylic acids is 1. The van der Waals surface area contributed by atoms with Crippen LogP contribution < -0.4 is 19.9 Å². The van der Waals surface area contributed by atoms with Crippen LogP contribution in [0.5, 0.6) is 11.5 Å². The molecule has 3 aromatic carbocycles. The normalized spacial score (nSPS) is 11.7. The van der Waals surface area contributed by atoms with Crippen molar-refractivity contribution in [3.63, 3.8) is 0 Å². The lowest BCUT2D eigenvalue weighted by Crippen LogP contribution is -2.22. The van der Waals surface area contributed by atoms with E-state index in [1.165, 1.54) is 13.0 Å². The summed E-state index contributed by atoms with van der Waals surface area (Å²) in [7, 11) is -4.34. The van der Waals surface area contributed by atoms with Gasteiger partial charge in [0.2, 0.25) is 0 Å². The summed E-state index contributed by atoms with van der Waals surface area (Å²) in [6, 6.07) is 8.40. The highest BCUT2D eigenvalue weighted by atomic mass is 32.2. The molecule has 0 aliphatic carbocycles. The van der Waals surface area contributed by atoms with Gasteiger partial charge in [-0.05, 0) is 67.1 Å². The monoisotopic (exact) mass is 501 g/mol. The Hall–Kier alpha value is -3.71. The molecule has 13 heteroatoms. The lowest BCUT2D eigenvalue weighted by molar-refractivity contribution is -0.137. The lowest BCUT2D eigenvalue weighted by Gasteiger charge is -2.16. The van der Waals surface area contributed by atoms with Gasteiger partial charge in [0.1, 0.15) is 23.1 Å². The standard InChI is InChI=1S/C21H16F5N3O4S/c1-11-8-13(22)3-7-18(11)33-19-6-2-12(21(24,25)26)9-15(19)20(30)28-14-4-5-16(23)17(10-14)29-34(27,31)32/h2-10,29H,1H3,(H,28,30)(H2,27,31,32). The molecule has 34 heavy (non-hydrogen) atoms. The van der Waals surface area contributed by atoms with Gasteiger partial charge < -0.3 is 10.1 Å². The zero-order chi connectivity index (χ0) is 25.3. The number of hydrogen-bond acceptors (Lipinski definition) is 4. The van der Waals surface area contributed by atoms with Gasteiger partial charge in [0.25, 0.3) is 16.1 Å². The van der Waals surface area contributed by atoms with Crippen molar-refractivity contribution in [3.05, 3.63) is 82.9 Å². The van der Waals surface area contributed by atoms with E-state index in [-0.39, 0.29) is 17.2 Å². The smallest absolute Gasteiger partial charge is 0.416 e. The predicted molar refractivity (Wildman–Crippen MR) is 114 cm³/mol. The van der Waals surface area contributed by atoms with Crippen molar-refractivity contribution in [1.29, 1.82) is 0 Å². The Bertz CT molecular complexity index is 1360. The number of carbonyl (C=O) groups is 1. The molecule has 3 rings (SSSR count). The minimum atomic E-state index is -4.78. The van der Waals surface area contributed by atoms with Crippen LogP contribution in [0.25, 0.3) is 0 Å². The van der Waals surface area contributed by atoms with Crippen molar-refractivity contribution in [3.8, 4) is 11.5 Å². The minimum absolute atomic E-state index is 0.0941. The predicted octanol–water partition coefficient (Wildman–Crippen LogP) is 4.95. The molecule has 0 fully saturated rings. The van der Waals surface area contributed by atoms with Gasteiger partial charge in [-0.3, -0.25) is 9.52 Å². The third-order valence-electron chi connectivity index (χ3n) is 4.38. The molecular formula is C21H16F5N3O4S. The van der Waals surface area contributed by atoms with Gasteiger partial charge in [-0.15, -0.1) is 0 Å². The molecule has 7 nitrogen and oxygen atoms in total. The molecule has 4 N–H and O–H groups in total. The molecule has 1 amide bonds. The van der Waals surface area contributed by atoms with Gasteiger partial charge in [0.15, 0.2) is 0 Å². The Morgan fingerprint density at radius 2 is 1.65 bits per heavy atom. The Morgan fingerprint density at radius 1 is 0.971 bits per heavy atom. The van der Waals surface area contributed by atoms with Crippen LogP contribution in [0.15, 0.2) is 54.6 Å². The number of aryl methyl sites for hydroxylation is 1. The van der Waals surface area contributed by atoms with E-state index in [0.717, 1.165) is 36.4 Å². The third-order valence-corrected chi connectivity index (χ3v) is 4.89. The number of nitrogens with two attached hydrogens (primary N) is 1. The largest absolute Gasteiger partial charge is 0.456 e. The second-order valence-electron chi connectivity index (χ2n) is 7.02. The topological polar surface area (TPSA) is 111 Å². The fraction of sp³-hybridized carbons (Fsp3) is 0.0952. The number of benzene rings is 3. The summed E-state index contributed by atoms with van der Waals surface area (Å²) in [6.07, 6.45) is -4.78. The van der Waals surface area contributed by atoms with Crippen molar-refractivity contribution < 1.29 is 39.9 Å². The molecule has 0 aromatic heterocycles. The maximum Gasteiger partial charge on any atom is 0.416 e. The fourth-order valence-corrected chi connectivity index (χ4v) is 3.31. The third kappa shape index (κ3) is 6.20. The Balaban J connectivity index is 1.99. The van der Waals surface area contributed by atoms with Crippen molar-refractivity contribution in [2.75, 3.05) is 10.0 Å². The number of alkyl halides is 3. The number of rotatable bonds is 6. The van der Waals surface area contributed by atoms with Crippen LogP contribution in [0.3, 0.4) is 0 Å². The summed E-state index contributed by atoms with van der Waals surface area (Å²) in [4.78, 5) is 12.8. The second kappa shape index (κ2) is 9.27. The summed E-state index contributed by atoms with van der Waals surface area (Å²) < 4.78 is 96.6. The SMILES string of the molecule is Cc1cc(F)ccc1Oc1ccc(C(F)(F)F)cc1C(=O)Nc1ccc(F)c(NS(N)(=O)=O)c1. The van der Waals surface area contributed by atoms with E-state index in [0.29, 0.717) is 17.7 Å². The molecule has 3 aromatic rings. The Morgan fingerprint density at radius 3 is 2.26 bits per heavy atom. The first-order chi connectivity index (χ1) is 15.7. The maximum absolute atomic E-state index is 13.9. The Labute approximate surface area is 190 Å². The van der Waals surface area contributed by atoms with Crippen LogP contribution >= 0.6 is 0 Å². The average Bonchev–Trinajstić information content (AvgIpc) is 2.71. The molecule has 0 radical (unpaired) electrons. The van der Waals surface area contributed by atoms with Crippen molar-refractivity contribution in [2.24, 2.45) is 5.14 Å². The van der Waals surface area contributed by atoms with Crippen LogP contribution in [0, 0.1) is 18.6 Å². The summed E-state index contributed by atoms with van der Waals surface area (Å²) in [6.45, 7) is 1.50. The van der Waals surface area contributed by atoms with E-state index < -0.39 is 50.7 Å². The fourth-order valence-electron chi connectivity index (χ4n) is 2.85. The van der Waals surface area contributed by atoms with Crippen LogP contribution in [-0.4, -0.2) is 14.3 Å². The molecular weight excluding hydrogens is 485 g/mol. The molecule has 0 bridgehead atoms. The number of halogens is 5. The van der Waals surface area contributed by atoms with Gasteiger partial charge in [-0.1, -0.05) is 0 Å². The molecule has 180 valence electrons. The zero-order valence-corrected chi connectivity index (χ0v) is 18.0. The maximum atomic E-state index is 13.9. The van der Waals surface area contributed by atoms with Gasteiger partial charge in [-0.2, -0.15) is 21.6 Å². The molecule has 0 unspecified atom stereocenters. The van der Waals surface area contributed by atoms with Gasteiger partial charge in [-0.25, -0.2) is 13.9 Å². The first-order valence-corrected chi connectivity index (χ1v) is 10.8. The van der Waals surface area contributed by atoms with Gasteiger partial charge in [0.05, 0.1) is 16.8 Å². The number of amides is 1. The summed E-state index contributed by atoms with van der Waals surface area (Å²) in [5.74, 6) is -2.83. The van der Waals surface area contributed by atoms with E-state index in [1.807, 2.05) is 0 Å². The highest BCUT2D eigenvalue weighted by Gasteiger charge is 2.32.